The summed E-state index contributed by atoms with van der Waals surface area (Å²) in [6, 6.07) is 5.48. The maximum Gasteiger partial charge on any atom is 0.269 e. The molecule has 1 aromatic carbocycles. The van der Waals surface area contributed by atoms with Gasteiger partial charge in [0.15, 0.2) is 0 Å². The van der Waals surface area contributed by atoms with E-state index in [4.69, 9.17) is 0 Å². The van der Waals surface area contributed by atoms with Gasteiger partial charge < -0.3 is 0 Å². The molecule has 0 aliphatic carbocycles. The first kappa shape index (κ1) is 17.2. The van der Waals surface area contributed by atoms with Gasteiger partial charge in [0, 0.05) is 23.4 Å². The Morgan fingerprint density at radius 2 is 1.61 bits per heavy atom. The highest BCUT2D eigenvalue weighted by molar-refractivity contribution is 8.04. The highest BCUT2D eigenvalue weighted by atomic mass is 32.2. The van der Waals surface area contributed by atoms with E-state index in [0.717, 1.165) is 0 Å². The molecule has 0 saturated heterocycles. The lowest BCUT2D eigenvalue weighted by atomic mass is 10.1. The SMILES string of the molecule is CC(C)SC1=C(c2ccc([N+](=O)[O-])cc2)C(=O)N(C(C)C)C1=O. The molecule has 2 rings (SSSR count). The van der Waals surface area contributed by atoms with Crippen LogP contribution in [0.2, 0.25) is 0 Å². The van der Waals surface area contributed by atoms with Crippen molar-refractivity contribution in [3.05, 3.63) is 44.8 Å². The smallest absolute Gasteiger partial charge is 0.269 e. The Hall–Kier alpha value is -2.15. The molecule has 0 N–H and O–H groups in total. The zero-order valence-corrected chi connectivity index (χ0v) is 14.2. The average molecular weight is 334 g/mol. The van der Waals surface area contributed by atoms with E-state index in [1.54, 1.807) is 13.8 Å². The van der Waals surface area contributed by atoms with Crippen molar-refractivity contribution in [3.8, 4) is 0 Å². The number of hydrogen-bond acceptors (Lipinski definition) is 5. The van der Waals surface area contributed by atoms with Crippen LogP contribution in [-0.4, -0.2) is 32.9 Å². The summed E-state index contributed by atoms with van der Waals surface area (Å²) in [5, 5.41) is 10.9. The summed E-state index contributed by atoms with van der Waals surface area (Å²) in [6.45, 7) is 7.46. The molecule has 1 heterocycles. The lowest BCUT2D eigenvalue weighted by molar-refractivity contribution is -0.384. The van der Waals surface area contributed by atoms with Gasteiger partial charge in [-0.15, -0.1) is 11.8 Å². The van der Waals surface area contributed by atoms with Gasteiger partial charge in [-0.2, -0.15) is 0 Å². The van der Waals surface area contributed by atoms with Crippen LogP contribution in [-0.2, 0) is 9.59 Å². The molecule has 122 valence electrons. The van der Waals surface area contributed by atoms with E-state index >= 15 is 0 Å². The number of nitro benzene ring substituents is 1. The molecule has 0 atom stereocenters. The van der Waals surface area contributed by atoms with Crippen molar-refractivity contribution in [2.45, 2.75) is 39.0 Å². The predicted molar refractivity (Wildman–Crippen MR) is 89.7 cm³/mol. The minimum Gasteiger partial charge on any atom is -0.271 e. The first-order chi connectivity index (χ1) is 10.7. The zero-order chi connectivity index (χ0) is 17.3. The van der Waals surface area contributed by atoms with Crippen molar-refractivity contribution in [2.24, 2.45) is 0 Å². The van der Waals surface area contributed by atoms with Crippen molar-refractivity contribution in [1.82, 2.24) is 4.90 Å². The largest absolute Gasteiger partial charge is 0.271 e. The van der Waals surface area contributed by atoms with Crippen LogP contribution in [0.4, 0.5) is 5.69 Å². The number of hydrogen-bond donors (Lipinski definition) is 0. The topological polar surface area (TPSA) is 80.5 Å². The average Bonchev–Trinajstić information content (AvgIpc) is 2.69. The van der Waals surface area contributed by atoms with Crippen molar-refractivity contribution < 1.29 is 14.5 Å². The fourth-order valence-electron chi connectivity index (χ4n) is 2.34. The molecule has 0 radical (unpaired) electrons. The summed E-state index contributed by atoms with van der Waals surface area (Å²) < 4.78 is 0. The first-order valence-corrected chi connectivity index (χ1v) is 8.15. The highest BCUT2D eigenvalue weighted by Gasteiger charge is 2.40. The molecular weight excluding hydrogens is 316 g/mol. The third-order valence-electron chi connectivity index (χ3n) is 3.31. The number of rotatable bonds is 5. The number of amides is 2. The Morgan fingerprint density at radius 1 is 1.04 bits per heavy atom. The highest BCUT2D eigenvalue weighted by Crippen LogP contribution is 2.38. The number of benzene rings is 1. The minimum atomic E-state index is -0.496. The number of carbonyl (C=O) groups excluding carboxylic acids is 2. The number of carbonyl (C=O) groups is 2. The van der Waals surface area contributed by atoms with Crippen LogP contribution >= 0.6 is 11.8 Å². The van der Waals surface area contributed by atoms with E-state index in [9.17, 15) is 19.7 Å². The van der Waals surface area contributed by atoms with Crippen LogP contribution < -0.4 is 0 Å². The molecule has 1 aliphatic heterocycles. The van der Waals surface area contributed by atoms with Crippen molar-refractivity contribution in [2.75, 3.05) is 0 Å². The number of thioether (sulfide) groups is 1. The molecule has 0 aromatic heterocycles. The number of nitro groups is 1. The van der Waals surface area contributed by atoms with Crippen LogP contribution in [0.25, 0.3) is 5.57 Å². The second-order valence-electron chi connectivity index (χ2n) is 5.75. The monoisotopic (exact) mass is 334 g/mol. The van der Waals surface area contributed by atoms with E-state index in [-0.39, 0.29) is 28.8 Å². The van der Waals surface area contributed by atoms with E-state index in [0.29, 0.717) is 16.0 Å². The third kappa shape index (κ3) is 3.29. The summed E-state index contributed by atoms with van der Waals surface area (Å²) in [6.07, 6.45) is 0. The Balaban J connectivity index is 2.52. The summed E-state index contributed by atoms with van der Waals surface area (Å²) in [7, 11) is 0. The molecule has 0 unspecified atom stereocenters. The van der Waals surface area contributed by atoms with Gasteiger partial charge in [0.2, 0.25) is 0 Å². The van der Waals surface area contributed by atoms with Gasteiger partial charge in [0.1, 0.15) is 0 Å². The molecule has 6 nitrogen and oxygen atoms in total. The molecule has 0 saturated carbocycles. The number of imide groups is 1. The summed E-state index contributed by atoms with van der Waals surface area (Å²) in [4.78, 5) is 37.2. The number of non-ortho nitro benzene ring substituents is 1. The Morgan fingerprint density at radius 3 is 2.04 bits per heavy atom. The minimum absolute atomic E-state index is 0.0510. The molecule has 1 aliphatic rings. The van der Waals surface area contributed by atoms with Crippen LogP contribution in [0.3, 0.4) is 0 Å². The molecule has 7 heteroatoms. The molecule has 1 aromatic rings. The van der Waals surface area contributed by atoms with E-state index < -0.39 is 4.92 Å². The molecule has 23 heavy (non-hydrogen) atoms. The van der Waals surface area contributed by atoms with E-state index in [1.165, 1.54) is 40.9 Å². The van der Waals surface area contributed by atoms with E-state index in [1.807, 2.05) is 13.8 Å². The van der Waals surface area contributed by atoms with Crippen LogP contribution in [0.15, 0.2) is 29.2 Å². The summed E-state index contributed by atoms with van der Waals surface area (Å²) in [5.41, 5.74) is 0.808. The first-order valence-electron chi connectivity index (χ1n) is 7.27. The third-order valence-corrected chi connectivity index (χ3v) is 4.40. The fourth-order valence-corrected chi connectivity index (χ4v) is 3.34. The van der Waals surface area contributed by atoms with Gasteiger partial charge in [-0.25, -0.2) is 0 Å². The van der Waals surface area contributed by atoms with Crippen molar-refractivity contribution in [3.63, 3.8) is 0 Å². The van der Waals surface area contributed by atoms with Crippen LogP contribution in [0, 0.1) is 10.1 Å². The Bertz CT molecular complexity index is 693. The second kappa shape index (κ2) is 6.54. The van der Waals surface area contributed by atoms with Gasteiger partial charge >= 0.3 is 0 Å². The zero-order valence-electron chi connectivity index (χ0n) is 13.4. The Labute approximate surface area is 138 Å². The van der Waals surface area contributed by atoms with Gasteiger partial charge in [-0.3, -0.25) is 24.6 Å². The normalized spacial score (nSPS) is 15.3. The molecule has 0 fully saturated rings. The lowest BCUT2D eigenvalue weighted by Gasteiger charge is -2.19. The maximum absolute atomic E-state index is 12.7. The van der Waals surface area contributed by atoms with E-state index in [2.05, 4.69) is 0 Å². The quantitative estimate of drug-likeness (QED) is 0.469. The van der Waals surface area contributed by atoms with Crippen molar-refractivity contribution in [1.29, 1.82) is 0 Å². The molecule has 2 amide bonds. The fraction of sp³-hybridized carbons (Fsp3) is 0.375. The van der Waals surface area contributed by atoms with Gasteiger partial charge in [-0.05, 0) is 31.5 Å². The number of nitrogens with zero attached hydrogens (tertiary/aromatic N) is 2. The molecular formula is C16H18N2O4S. The maximum atomic E-state index is 12.7. The standard InChI is InChI=1S/C16H18N2O4S/c1-9(2)17-15(19)13(14(16(17)20)23-10(3)4)11-5-7-12(8-6-11)18(21)22/h5-10H,1-4H3. The summed E-state index contributed by atoms with van der Waals surface area (Å²) in [5.74, 6) is -0.640. The van der Waals surface area contributed by atoms with Gasteiger partial charge in [0.25, 0.3) is 17.5 Å². The van der Waals surface area contributed by atoms with Crippen LogP contribution in [0.5, 0.6) is 0 Å². The lowest BCUT2D eigenvalue weighted by Crippen LogP contribution is -2.37. The molecule has 0 bridgehead atoms. The molecule has 0 spiro atoms. The second-order valence-corrected chi connectivity index (χ2v) is 7.34. The van der Waals surface area contributed by atoms with Gasteiger partial charge in [-0.1, -0.05) is 13.8 Å². The summed E-state index contributed by atoms with van der Waals surface area (Å²) >= 11 is 1.34. The Kier molecular flexibility index (Phi) is 4.89. The van der Waals surface area contributed by atoms with Crippen LogP contribution in [0.1, 0.15) is 33.3 Å². The predicted octanol–water partition coefficient (Wildman–Crippen LogP) is 3.22. The van der Waals surface area contributed by atoms with Crippen molar-refractivity contribution >= 4 is 34.8 Å². The van der Waals surface area contributed by atoms with Gasteiger partial charge in [0.05, 0.1) is 15.4 Å².